The van der Waals surface area contributed by atoms with Gasteiger partial charge in [0, 0.05) is 16.8 Å². The molecule has 1 unspecified atom stereocenters. The second-order valence-corrected chi connectivity index (χ2v) is 15.6. The van der Waals surface area contributed by atoms with Crippen LogP contribution in [0.4, 0.5) is 0 Å². The first-order valence-corrected chi connectivity index (χ1v) is 15.0. The third kappa shape index (κ3) is 4.72. The second kappa shape index (κ2) is 8.20. The first-order chi connectivity index (χ1) is 13.2. The normalized spacial score (nSPS) is 14.4. The summed E-state index contributed by atoms with van der Waals surface area (Å²) in [6, 6.07) is 29.9. The molecule has 3 rings (SSSR count). The molecule has 0 bridgehead atoms. The Morgan fingerprint density at radius 3 is 1.54 bits per heavy atom. The zero-order valence-electron chi connectivity index (χ0n) is 17.1. The molecule has 0 saturated heterocycles. The van der Waals surface area contributed by atoms with E-state index in [1.165, 1.54) is 0 Å². The minimum Gasteiger partial charge on any atom is -0.408 e. The van der Waals surface area contributed by atoms with E-state index in [-0.39, 0.29) is 0 Å². The highest BCUT2D eigenvalue weighted by molar-refractivity contribution is 7.78. The van der Waals surface area contributed by atoms with Gasteiger partial charge in [-0.25, -0.2) is 0 Å². The van der Waals surface area contributed by atoms with Crippen LogP contribution in [0, 0.1) is 0 Å². The highest BCUT2D eigenvalue weighted by atomic mass is 31.2. The van der Waals surface area contributed by atoms with Gasteiger partial charge in [0.25, 0.3) is 0 Å². The molecule has 0 spiro atoms. The molecule has 0 aliphatic rings. The standard InChI is InChI=1S/C24H29O2PSi/c1-24(26-28(2,3)4,21-14-8-5-9-15-21)20-27(25,22-16-10-6-11-17-22)23-18-12-7-13-19-23/h5-19H,20H2,1-4H3. The summed E-state index contributed by atoms with van der Waals surface area (Å²) in [6.07, 6.45) is 0.433. The van der Waals surface area contributed by atoms with Crippen molar-refractivity contribution in [2.24, 2.45) is 0 Å². The molecule has 146 valence electrons. The van der Waals surface area contributed by atoms with Crippen LogP contribution in [0.15, 0.2) is 91.0 Å². The van der Waals surface area contributed by atoms with Crippen LogP contribution in [0.2, 0.25) is 19.6 Å². The third-order valence-corrected chi connectivity index (χ3v) is 9.16. The Balaban J connectivity index is 2.15. The molecule has 0 aliphatic heterocycles. The molecule has 0 aliphatic carbocycles. The van der Waals surface area contributed by atoms with Gasteiger partial charge in [0.15, 0.2) is 8.32 Å². The van der Waals surface area contributed by atoms with Gasteiger partial charge in [0.1, 0.15) is 7.14 Å². The van der Waals surface area contributed by atoms with E-state index >= 15 is 0 Å². The maximum atomic E-state index is 14.6. The van der Waals surface area contributed by atoms with Crippen LogP contribution in [0.5, 0.6) is 0 Å². The van der Waals surface area contributed by atoms with Crippen LogP contribution >= 0.6 is 7.14 Å². The molecule has 3 aromatic rings. The molecule has 28 heavy (non-hydrogen) atoms. The topological polar surface area (TPSA) is 26.3 Å². The van der Waals surface area contributed by atoms with Gasteiger partial charge in [-0.05, 0) is 32.1 Å². The largest absolute Gasteiger partial charge is 0.408 e. The van der Waals surface area contributed by atoms with Gasteiger partial charge in [0.05, 0.1) is 5.60 Å². The molecule has 1 atom stereocenters. The third-order valence-electron chi connectivity index (χ3n) is 4.79. The summed E-state index contributed by atoms with van der Waals surface area (Å²) in [6.45, 7) is 8.65. The minimum atomic E-state index is -2.90. The smallest absolute Gasteiger partial charge is 0.184 e. The van der Waals surface area contributed by atoms with E-state index in [2.05, 4.69) is 38.7 Å². The Labute approximate surface area is 170 Å². The van der Waals surface area contributed by atoms with Gasteiger partial charge < -0.3 is 8.99 Å². The van der Waals surface area contributed by atoms with Crippen LogP contribution in [0.1, 0.15) is 12.5 Å². The van der Waals surface area contributed by atoms with Gasteiger partial charge in [-0.2, -0.15) is 0 Å². The number of benzene rings is 3. The average molecular weight is 409 g/mol. The van der Waals surface area contributed by atoms with Crippen molar-refractivity contribution in [1.82, 2.24) is 0 Å². The summed E-state index contributed by atoms with van der Waals surface area (Å²) in [5, 5.41) is 1.75. The Hall–Kier alpha value is -1.93. The molecule has 0 saturated carbocycles. The van der Waals surface area contributed by atoms with E-state index in [0.29, 0.717) is 6.16 Å². The van der Waals surface area contributed by atoms with Crippen molar-refractivity contribution in [3.05, 3.63) is 96.6 Å². The molecule has 0 fully saturated rings. The Bertz CT molecular complexity index is 893. The fraction of sp³-hybridized carbons (Fsp3) is 0.250. The van der Waals surface area contributed by atoms with Crippen molar-refractivity contribution < 1.29 is 8.99 Å². The van der Waals surface area contributed by atoms with Gasteiger partial charge in [-0.1, -0.05) is 91.0 Å². The zero-order valence-corrected chi connectivity index (χ0v) is 19.0. The lowest BCUT2D eigenvalue weighted by Crippen LogP contribution is -2.42. The van der Waals surface area contributed by atoms with Gasteiger partial charge >= 0.3 is 0 Å². The summed E-state index contributed by atoms with van der Waals surface area (Å²) in [4.78, 5) is 0. The fourth-order valence-corrected chi connectivity index (χ4v) is 8.47. The summed E-state index contributed by atoms with van der Waals surface area (Å²) < 4.78 is 21.3. The van der Waals surface area contributed by atoms with E-state index in [9.17, 15) is 4.57 Å². The zero-order chi connectivity index (χ0) is 20.3. The molecule has 0 heterocycles. The fourth-order valence-electron chi connectivity index (χ4n) is 3.74. The lowest BCUT2D eigenvalue weighted by atomic mass is 9.98. The summed E-state index contributed by atoms with van der Waals surface area (Å²) in [5.41, 5.74) is 0.442. The number of rotatable bonds is 7. The molecular formula is C24H29O2PSi. The van der Waals surface area contributed by atoms with Crippen molar-refractivity contribution in [3.8, 4) is 0 Å². The molecule has 4 heteroatoms. The quantitative estimate of drug-likeness (QED) is 0.367. The van der Waals surface area contributed by atoms with E-state index in [1.807, 2.05) is 78.9 Å². The van der Waals surface area contributed by atoms with Crippen LogP contribution in [0.3, 0.4) is 0 Å². The molecule has 2 nitrogen and oxygen atoms in total. The SMILES string of the molecule is CC(CP(=O)(c1ccccc1)c1ccccc1)(O[Si](C)(C)C)c1ccccc1. The minimum absolute atomic E-state index is 0.433. The molecule has 3 aromatic carbocycles. The molecule has 0 aromatic heterocycles. The number of hydrogen-bond acceptors (Lipinski definition) is 2. The van der Waals surface area contributed by atoms with E-state index in [0.717, 1.165) is 16.2 Å². The molecule has 0 N–H and O–H groups in total. The maximum Gasteiger partial charge on any atom is 0.184 e. The lowest BCUT2D eigenvalue weighted by Gasteiger charge is -2.39. The summed E-state index contributed by atoms with van der Waals surface area (Å²) in [5.74, 6) is 0. The van der Waals surface area contributed by atoms with Crippen molar-refractivity contribution in [3.63, 3.8) is 0 Å². The second-order valence-electron chi connectivity index (χ2n) is 8.38. The van der Waals surface area contributed by atoms with E-state index < -0.39 is 21.1 Å². The predicted octanol–water partition coefficient (Wildman–Crippen LogP) is 5.77. The van der Waals surface area contributed by atoms with Crippen molar-refractivity contribution in [1.29, 1.82) is 0 Å². The lowest BCUT2D eigenvalue weighted by molar-refractivity contribution is 0.103. The summed E-state index contributed by atoms with van der Waals surface area (Å²) >= 11 is 0. The van der Waals surface area contributed by atoms with Gasteiger partial charge in [-0.15, -0.1) is 0 Å². The Morgan fingerprint density at radius 1 is 0.750 bits per heavy atom. The molecule has 0 radical (unpaired) electrons. The summed E-state index contributed by atoms with van der Waals surface area (Å²) in [7, 11) is -4.80. The van der Waals surface area contributed by atoms with Gasteiger partial charge in [0.2, 0.25) is 0 Å². The van der Waals surface area contributed by atoms with Crippen LogP contribution in [-0.4, -0.2) is 14.5 Å². The van der Waals surface area contributed by atoms with Crippen LogP contribution < -0.4 is 10.6 Å². The van der Waals surface area contributed by atoms with Gasteiger partial charge in [-0.3, -0.25) is 0 Å². The van der Waals surface area contributed by atoms with Crippen LogP contribution in [0.25, 0.3) is 0 Å². The Kier molecular flexibility index (Phi) is 6.09. The first-order valence-electron chi connectivity index (χ1n) is 9.69. The highest BCUT2D eigenvalue weighted by Crippen LogP contribution is 2.50. The van der Waals surface area contributed by atoms with Crippen molar-refractivity contribution in [2.75, 3.05) is 6.16 Å². The van der Waals surface area contributed by atoms with Crippen molar-refractivity contribution in [2.45, 2.75) is 32.2 Å². The predicted molar refractivity (Wildman–Crippen MR) is 123 cm³/mol. The Morgan fingerprint density at radius 2 is 1.14 bits per heavy atom. The first kappa shape index (κ1) is 20.8. The monoisotopic (exact) mass is 408 g/mol. The molecule has 0 amide bonds. The van der Waals surface area contributed by atoms with E-state index in [4.69, 9.17) is 4.43 Å². The molecular weight excluding hydrogens is 379 g/mol. The average Bonchev–Trinajstić information content (AvgIpc) is 2.68. The highest BCUT2D eigenvalue weighted by Gasteiger charge is 2.41. The number of hydrogen-bond donors (Lipinski definition) is 0. The van der Waals surface area contributed by atoms with Crippen LogP contribution in [-0.2, 0) is 14.6 Å². The maximum absolute atomic E-state index is 14.6. The van der Waals surface area contributed by atoms with Crippen molar-refractivity contribution >= 4 is 26.1 Å². The van der Waals surface area contributed by atoms with E-state index in [1.54, 1.807) is 0 Å².